The first-order chi connectivity index (χ1) is 30.8. The molecule has 2 aromatic heterocycles. The van der Waals surface area contributed by atoms with Crippen molar-refractivity contribution in [2.24, 2.45) is 0 Å². The summed E-state index contributed by atoms with van der Waals surface area (Å²) in [5, 5.41) is 2.55. The third kappa shape index (κ3) is 4.95. The van der Waals surface area contributed by atoms with Gasteiger partial charge in [0.2, 0.25) is 0 Å². The van der Waals surface area contributed by atoms with Crippen molar-refractivity contribution in [3.63, 3.8) is 0 Å². The van der Waals surface area contributed by atoms with E-state index in [2.05, 4.69) is 235 Å². The maximum Gasteiger partial charge on any atom is 0.0754 e. The van der Waals surface area contributed by atoms with E-state index >= 15 is 0 Å². The summed E-state index contributed by atoms with van der Waals surface area (Å²) in [6, 6.07) is 84.6. The highest BCUT2D eigenvalue weighted by Crippen LogP contribution is 2.63. The van der Waals surface area contributed by atoms with Crippen LogP contribution in [0.15, 0.2) is 231 Å². The molecule has 1 unspecified atom stereocenters. The maximum absolute atomic E-state index is 5.55. The number of rotatable bonds is 5. The molecule has 2 heteroatoms. The number of nitrogens with zero attached hydrogens (tertiary/aromatic N) is 2. The fourth-order valence-electron chi connectivity index (χ4n) is 10.8. The number of benzene rings is 9. The second-order valence-corrected chi connectivity index (χ2v) is 16.6. The summed E-state index contributed by atoms with van der Waals surface area (Å²) in [6.07, 6.45) is 0. The van der Waals surface area contributed by atoms with Crippen molar-refractivity contribution in [1.29, 1.82) is 0 Å². The summed E-state index contributed by atoms with van der Waals surface area (Å²) >= 11 is 0. The molecule has 13 rings (SSSR count). The Hall–Kier alpha value is -8.07. The van der Waals surface area contributed by atoms with Crippen LogP contribution in [0.2, 0.25) is 0 Å². The summed E-state index contributed by atoms with van der Waals surface area (Å²) in [5.74, 6) is 0. The quantitative estimate of drug-likeness (QED) is 0.170. The molecular weight excluding hydrogens is 749 g/mol. The van der Waals surface area contributed by atoms with Gasteiger partial charge in [0.15, 0.2) is 0 Å². The number of fused-ring (bicyclic) bond motifs is 12. The summed E-state index contributed by atoms with van der Waals surface area (Å²) in [5.41, 5.74) is 22.0. The third-order valence-corrected chi connectivity index (χ3v) is 13.4. The van der Waals surface area contributed by atoms with Crippen LogP contribution < -0.4 is 0 Å². The predicted octanol–water partition coefficient (Wildman–Crippen LogP) is 15.2. The van der Waals surface area contributed by atoms with Crippen LogP contribution in [0.5, 0.6) is 0 Å². The minimum absolute atomic E-state index is 0.587. The van der Waals surface area contributed by atoms with Gasteiger partial charge >= 0.3 is 0 Å². The molecule has 0 amide bonds. The van der Waals surface area contributed by atoms with Gasteiger partial charge < -0.3 is 4.57 Å². The molecule has 288 valence electrons. The third-order valence-electron chi connectivity index (χ3n) is 13.4. The van der Waals surface area contributed by atoms with Gasteiger partial charge in [-0.1, -0.05) is 200 Å². The van der Waals surface area contributed by atoms with E-state index in [4.69, 9.17) is 4.98 Å². The molecule has 0 N–H and O–H groups in total. The van der Waals surface area contributed by atoms with Gasteiger partial charge in [0.25, 0.3) is 0 Å². The number of hydrogen-bond donors (Lipinski definition) is 0. The standard InChI is InChI=1S/C60H38N2/c1-4-16-39(17-5-1)41-30-32-42(33-31-41)44-34-35-50-49(36-44)58-48(55-38-45(40-18-6-2-7-19-40)37-54(61-55)43-20-8-3-9-21-43)24-15-26-52(58)60(50)51-25-11-13-29-57(51)62-56-28-12-10-22-46(56)47-23-14-27-53(60)59(47)62/h1-38H. The topological polar surface area (TPSA) is 17.8 Å². The minimum atomic E-state index is -0.587. The van der Waals surface area contributed by atoms with Gasteiger partial charge in [0.05, 0.1) is 33.5 Å². The second kappa shape index (κ2) is 13.5. The smallest absolute Gasteiger partial charge is 0.0754 e. The molecule has 2 nitrogen and oxygen atoms in total. The average molecular weight is 787 g/mol. The van der Waals surface area contributed by atoms with Crippen molar-refractivity contribution in [3.8, 4) is 72.7 Å². The molecule has 1 spiro atoms. The Morgan fingerprint density at radius 1 is 0.323 bits per heavy atom. The Bertz CT molecular complexity index is 3490. The SMILES string of the molecule is c1ccc(-c2ccc(-c3ccc4c(c3)-c3c(-c5cc(-c6ccccc6)cc(-c6ccccc6)n5)cccc3C43c4ccccc4-n4c5ccccc5c5cccc3c54)cc2)cc1. The highest BCUT2D eigenvalue weighted by Gasteiger charge is 2.51. The fourth-order valence-corrected chi connectivity index (χ4v) is 10.8. The van der Waals surface area contributed by atoms with Crippen LogP contribution in [0.1, 0.15) is 22.3 Å². The molecule has 2 aliphatic rings. The molecule has 0 saturated carbocycles. The van der Waals surface area contributed by atoms with Crippen molar-refractivity contribution < 1.29 is 0 Å². The van der Waals surface area contributed by atoms with Crippen molar-refractivity contribution in [1.82, 2.24) is 9.55 Å². The Balaban J connectivity index is 1.12. The van der Waals surface area contributed by atoms with E-state index in [9.17, 15) is 0 Å². The summed E-state index contributed by atoms with van der Waals surface area (Å²) < 4.78 is 2.52. The van der Waals surface area contributed by atoms with Gasteiger partial charge in [-0.15, -0.1) is 0 Å². The fraction of sp³-hybridized carbons (Fsp3) is 0.0167. The first-order valence-corrected chi connectivity index (χ1v) is 21.5. The predicted molar refractivity (Wildman–Crippen MR) is 257 cm³/mol. The number of pyridine rings is 1. The van der Waals surface area contributed by atoms with Crippen molar-refractivity contribution in [2.75, 3.05) is 0 Å². The molecule has 1 aliphatic heterocycles. The molecule has 1 atom stereocenters. The lowest BCUT2D eigenvalue weighted by atomic mass is 9.65. The summed E-state index contributed by atoms with van der Waals surface area (Å²) in [6.45, 7) is 0. The van der Waals surface area contributed by atoms with E-state index in [1.165, 1.54) is 88.7 Å². The molecule has 62 heavy (non-hydrogen) atoms. The van der Waals surface area contributed by atoms with Gasteiger partial charge in [0.1, 0.15) is 0 Å². The van der Waals surface area contributed by atoms with Crippen LogP contribution in [0.4, 0.5) is 0 Å². The van der Waals surface area contributed by atoms with Crippen LogP contribution >= 0.6 is 0 Å². The van der Waals surface area contributed by atoms with E-state index in [1.54, 1.807) is 0 Å². The zero-order chi connectivity index (χ0) is 40.8. The number of aromatic nitrogens is 2. The minimum Gasteiger partial charge on any atom is -0.309 e. The molecule has 11 aromatic rings. The van der Waals surface area contributed by atoms with E-state index in [0.29, 0.717) is 0 Å². The van der Waals surface area contributed by atoms with Gasteiger partial charge in [0, 0.05) is 21.9 Å². The van der Waals surface area contributed by atoms with Gasteiger partial charge in [-0.05, 0) is 97.1 Å². The van der Waals surface area contributed by atoms with Crippen LogP contribution in [-0.2, 0) is 5.41 Å². The Kier molecular flexibility index (Phi) is 7.55. The Morgan fingerprint density at radius 3 is 1.65 bits per heavy atom. The zero-order valence-corrected chi connectivity index (χ0v) is 33.8. The van der Waals surface area contributed by atoms with Crippen LogP contribution in [0.25, 0.3) is 94.5 Å². The first-order valence-electron chi connectivity index (χ1n) is 21.5. The largest absolute Gasteiger partial charge is 0.309 e. The molecule has 0 fully saturated rings. The average Bonchev–Trinajstić information content (AvgIpc) is 3.85. The highest BCUT2D eigenvalue weighted by atomic mass is 15.0. The Labute approximate surface area is 360 Å². The molecule has 0 saturated heterocycles. The van der Waals surface area contributed by atoms with Crippen molar-refractivity contribution in [3.05, 3.63) is 253 Å². The molecule has 1 aliphatic carbocycles. The zero-order valence-electron chi connectivity index (χ0n) is 33.8. The molecule has 9 aromatic carbocycles. The molecule has 3 heterocycles. The normalized spacial score (nSPS) is 14.5. The molecular formula is C60H38N2. The second-order valence-electron chi connectivity index (χ2n) is 16.6. The van der Waals surface area contributed by atoms with Crippen molar-refractivity contribution >= 4 is 21.8 Å². The first kappa shape index (κ1) is 34.8. The lowest BCUT2D eigenvalue weighted by Crippen LogP contribution is -2.33. The molecule has 0 radical (unpaired) electrons. The van der Waals surface area contributed by atoms with Crippen LogP contribution in [0, 0.1) is 0 Å². The monoisotopic (exact) mass is 786 g/mol. The van der Waals surface area contributed by atoms with E-state index in [-0.39, 0.29) is 0 Å². The highest BCUT2D eigenvalue weighted by molar-refractivity contribution is 6.13. The number of para-hydroxylation sites is 3. The lowest BCUT2D eigenvalue weighted by molar-refractivity contribution is 0.748. The van der Waals surface area contributed by atoms with Crippen LogP contribution in [-0.4, -0.2) is 9.55 Å². The van der Waals surface area contributed by atoms with Gasteiger partial charge in [-0.3, -0.25) is 0 Å². The van der Waals surface area contributed by atoms with Gasteiger partial charge in [-0.25, -0.2) is 4.98 Å². The van der Waals surface area contributed by atoms with Gasteiger partial charge in [-0.2, -0.15) is 0 Å². The van der Waals surface area contributed by atoms with E-state index < -0.39 is 5.41 Å². The Morgan fingerprint density at radius 2 is 0.871 bits per heavy atom. The maximum atomic E-state index is 5.55. The van der Waals surface area contributed by atoms with Crippen molar-refractivity contribution in [2.45, 2.75) is 5.41 Å². The van der Waals surface area contributed by atoms with Crippen LogP contribution in [0.3, 0.4) is 0 Å². The lowest BCUT2D eigenvalue weighted by Gasteiger charge is -2.39. The van der Waals surface area contributed by atoms with E-state index in [1.807, 2.05) is 0 Å². The van der Waals surface area contributed by atoms with E-state index in [0.717, 1.165) is 28.1 Å². The molecule has 0 bridgehead atoms. The number of hydrogen-bond acceptors (Lipinski definition) is 1. The summed E-state index contributed by atoms with van der Waals surface area (Å²) in [7, 11) is 0. The summed E-state index contributed by atoms with van der Waals surface area (Å²) in [4.78, 5) is 5.55.